The fourth-order valence-corrected chi connectivity index (χ4v) is 2.26. The summed E-state index contributed by atoms with van der Waals surface area (Å²) < 4.78 is 0. The van der Waals surface area contributed by atoms with Gasteiger partial charge in [-0.3, -0.25) is 0 Å². The number of aryl methyl sites for hydroxylation is 1. The van der Waals surface area contributed by atoms with Gasteiger partial charge in [0.15, 0.2) is 0 Å². The second-order valence-corrected chi connectivity index (χ2v) is 5.17. The van der Waals surface area contributed by atoms with Crippen molar-refractivity contribution in [1.82, 2.24) is 0 Å². The van der Waals surface area contributed by atoms with E-state index in [4.69, 9.17) is 5.73 Å². The highest BCUT2D eigenvalue weighted by atomic mass is 15.1. The number of anilines is 1. The molecule has 2 atom stereocenters. The van der Waals surface area contributed by atoms with Gasteiger partial charge in [0.25, 0.3) is 0 Å². The van der Waals surface area contributed by atoms with E-state index in [0.717, 1.165) is 11.8 Å². The average Bonchev–Trinajstić information content (AvgIpc) is 2.94. The van der Waals surface area contributed by atoms with E-state index in [9.17, 15) is 0 Å². The van der Waals surface area contributed by atoms with Crippen LogP contribution in [0.3, 0.4) is 0 Å². The molecule has 0 heterocycles. The molecular formula is C14H22N2. The van der Waals surface area contributed by atoms with E-state index < -0.39 is 0 Å². The molecule has 2 unspecified atom stereocenters. The molecule has 88 valence electrons. The number of hydrogen-bond acceptors (Lipinski definition) is 2. The molecule has 0 spiro atoms. The lowest BCUT2D eigenvalue weighted by Gasteiger charge is -2.20. The molecule has 1 aromatic carbocycles. The minimum Gasteiger partial charge on any atom is -0.374 e. The molecule has 0 amide bonds. The maximum Gasteiger partial charge on any atom is 0.0366 e. The zero-order valence-corrected chi connectivity index (χ0v) is 10.5. The van der Waals surface area contributed by atoms with Gasteiger partial charge in [-0.15, -0.1) is 0 Å². The van der Waals surface area contributed by atoms with Crippen LogP contribution in [-0.4, -0.2) is 13.6 Å². The third kappa shape index (κ3) is 2.38. The van der Waals surface area contributed by atoms with Crippen molar-refractivity contribution in [2.45, 2.75) is 26.8 Å². The summed E-state index contributed by atoms with van der Waals surface area (Å²) in [5.41, 5.74) is 9.53. The highest BCUT2D eigenvalue weighted by Gasteiger charge is 2.33. The van der Waals surface area contributed by atoms with Crippen LogP contribution in [0.25, 0.3) is 0 Å². The van der Waals surface area contributed by atoms with E-state index in [1.165, 1.54) is 29.8 Å². The molecule has 1 aliphatic carbocycles. The van der Waals surface area contributed by atoms with Crippen LogP contribution in [0, 0.1) is 18.8 Å². The van der Waals surface area contributed by atoms with Crippen LogP contribution in [0.5, 0.6) is 0 Å². The largest absolute Gasteiger partial charge is 0.374 e. The minimum absolute atomic E-state index is 0.634. The van der Waals surface area contributed by atoms with Gasteiger partial charge in [-0.1, -0.05) is 13.0 Å². The van der Waals surface area contributed by atoms with Crippen molar-refractivity contribution in [2.75, 3.05) is 18.5 Å². The monoisotopic (exact) mass is 218 g/mol. The fourth-order valence-electron chi connectivity index (χ4n) is 2.26. The van der Waals surface area contributed by atoms with Gasteiger partial charge in [0.1, 0.15) is 0 Å². The first-order valence-corrected chi connectivity index (χ1v) is 6.12. The van der Waals surface area contributed by atoms with Crippen molar-refractivity contribution in [3.8, 4) is 0 Å². The lowest BCUT2D eigenvalue weighted by molar-refractivity contribution is 0.725. The normalized spacial score (nSPS) is 23.2. The highest BCUT2D eigenvalue weighted by molar-refractivity contribution is 5.50. The van der Waals surface area contributed by atoms with Crippen molar-refractivity contribution in [3.05, 3.63) is 29.3 Å². The summed E-state index contributed by atoms with van der Waals surface area (Å²) in [4.78, 5) is 2.36. The first-order valence-electron chi connectivity index (χ1n) is 6.12. The van der Waals surface area contributed by atoms with E-state index >= 15 is 0 Å². The average molecular weight is 218 g/mol. The van der Waals surface area contributed by atoms with Crippen LogP contribution in [0.4, 0.5) is 5.69 Å². The van der Waals surface area contributed by atoms with Crippen LogP contribution in [-0.2, 0) is 6.54 Å². The van der Waals surface area contributed by atoms with E-state index in [2.05, 4.69) is 44.0 Å². The molecule has 1 aromatic rings. The lowest BCUT2D eigenvalue weighted by atomic mass is 10.1. The summed E-state index contributed by atoms with van der Waals surface area (Å²) >= 11 is 0. The molecule has 2 nitrogen and oxygen atoms in total. The first kappa shape index (κ1) is 11.5. The number of benzene rings is 1. The zero-order valence-electron chi connectivity index (χ0n) is 10.5. The zero-order chi connectivity index (χ0) is 11.7. The number of rotatable bonds is 4. The topological polar surface area (TPSA) is 29.3 Å². The molecule has 16 heavy (non-hydrogen) atoms. The van der Waals surface area contributed by atoms with Crippen LogP contribution >= 0.6 is 0 Å². The first-order chi connectivity index (χ1) is 7.61. The third-order valence-electron chi connectivity index (χ3n) is 3.77. The fraction of sp³-hybridized carbons (Fsp3) is 0.571. The second-order valence-electron chi connectivity index (χ2n) is 5.17. The van der Waals surface area contributed by atoms with Gasteiger partial charge in [0, 0.05) is 25.8 Å². The predicted molar refractivity (Wildman–Crippen MR) is 69.6 cm³/mol. The molecule has 0 aromatic heterocycles. The summed E-state index contributed by atoms with van der Waals surface area (Å²) in [6.07, 6.45) is 1.39. The third-order valence-corrected chi connectivity index (χ3v) is 3.77. The molecule has 2 heteroatoms. The molecule has 2 rings (SSSR count). The standard InChI is InChI=1S/C14H22N2/c1-10-6-13(10)9-16(3)14-5-4-12(8-15)11(2)7-14/h4-5,7,10,13H,6,8-9,15H2,1-3H3. The van der Waals surface area contributed by atoms with Crippen molar-refractivity contribution < 1.29 is 0 Å². The van der Waals surface area contributed by atoms with Gasteiger partial charge in [0.2, 0.25) is 0 Å². The quantitative estimate of drug-likeness (QED) is 0.841. The van der Waals surface area contributed by atoms with Crippen molar-refractivity contribution >= 4 is 5.69 Å². The molecule has 0 saturated heterocycles. The van der Waals surface area contributed by atoms with Crippen LogP contribution in [0.15, 0.2) is 18.2 Å². The van der Waals surface area contributed by atoms with E-state index in [0.29, 0.717) is 6.54 Å². The Labute approximate surface area is 98.4 Å². The van der Waals surface area contributed by atoms with Crippen LogP contribution in [0.1, 0.15) is 24.5 Å². The van der Waals surface area contributed by atoms with Gasteiger partial charge < -0.3 is 10.6 Å². The molecule has 1 fully saturated rings. The minimum atomic E-state index is 0.634. The van der Waals surface area contributed by atoms with E-state index in [-0.39, 0.29) is 0 Å². The number of nitrogens with zero attached hydrogens (tertiary/aromatic N) is 1. The Morgan fingerprint density at radius 2 is 2.12 bits per heavy atom. The van der Waals surface area contributed by atoms with Crippen LogP contribution < -0.4 is 10.6 Å². The van der Waals surface area contributed by atoms with Gasteiger partial charge in [-0.05, 0) is 48.4 Å². The second kappa shape index (κ2) is 4.46. The summed E-state index contributed by atoms with van der Waals surface area (Å²) in [5.74, 6) is 1.83. The summed E-state index contributed by atoms with van der Waals surface area (Å²) in [5, 5.41) is 0. The van der Waals surface area contributed by atoms with E-state index in [1.54, 1.807) is 0 Å². The Kier molecular flexibility index (Phi) is 3.20. The van der Waals surface area contributed by atoms with Gasteiger partial charge in [-0.25, -0.2) is 0 Å². The Balaban J connectivity index is 2.05. The Hall–Kier alpha value is -1.02. The predicted octanol–water partition coefficient (Wildman–Crippen LogP) is 2.55. The van der Waals surface area contributed by atoms with Crippen LogP contribution in [0.2, 0.25) is 0 Å². The van der Waals surface area contributed by atoms with Gasteiger partial charge in [0.05, 0.1) is 0 Å². The summed E-state index contributed by atoms with van der Waals surface area (Å²) in [6.45, 7) is 6.29. The number of hydrogen-bond donors (Lipinski definition) is 1. The maximum absolute atomic E-state index is 5.67. The smallest absolute Gasteiger partial charge is 0.0366 e. The molecular weight excluding hydrogens is 196 g/mol. The SMILES string of the molecule is Cc1cc(N(C)CC2CC2C)ccc1CN. The van der Waals surface area contributed by atoms with Crippen molar-refractivity contribution in [2.24, 2.45) is 17.6 Å². The van der Waals surface area contributed by atoms with Gasteiger partial charge in [-0.2, -0.15) is 0 Å². The maximum atomic E-state index is 5.67. The van der Waals surface area contributed by atoms with Gasteiger partial charge >= 0.3 is 0 Å². The van der Waals surface area contributed by atoms with Crippen molar-refractivity contribution in [1.29, 1.82) is 0 Å². The molecule has 0 radical (unpaired) electrons. The number of nitrogens with two attached hydrogens (primary N) is 1. The molecule has 2 N–H and O–H groups in total. The molecule has 1 saturated carbocycles. The summed E-state index contributed by atoms with van der Waals surface area (Å²) in [7, 11) is 2.18. The molecule has 0 aliphatic heterocycles. The Bertz CT molecular complexity index is 373. The summed E-state index contributed by atoms with van der Waals surface area (Å²) in [6, 6.07) is 6.58. The Morgan fingerprint density at radius 3 is 2.62 bits per heavy atom. The lowest BCUT2D eigenvalue weighted by Crippen LogP contribution is -2.20. The Morgan fingerprint density at radius 1 is 1.44 bits per heavy atom. The van der Waals surface area contributed by atoms with E-state index in [1.807, 2.05) is 0 Å². The molecule has 0 bridgehead atoms. The van der Waals surface area contributed by atoms with Crippen molar-refractivity contribution in [3.63, 3.8) is 0 Å². The highest BCUT2D eigenvalue weighted by Crippen LogP contribution is 2.38. The molecule has 1 aliphatic rings.